The molecule has 0 aromatic heterocycles. The smallest absolute Gasteiger partial charge is 0.338 e. The number of nitrogens with zero attached hydrogens (tertiary/aromatic N) is 1. The summed E-state index contributed by atoms with van der Waals surface area (Å²) < 4.78 is 13.6. The first kappa shape index (κ1) is 11.8. The summed E-state index contributed by atoms with van der Waals surface area (Å²) in [4.78, 5) is 10.7. The van der Waals surface area contributed by atoms with E-state index in [4.69, 9.17) is 10.4 Å². The van der Waals surface area contributed by atoms with Gasteiger partial charge in [-0.15, -0.1) is 0 Å². The van der Waals surface area contributed by atoms with Crippen LogP contribution in [-0.4, -0.2) is 11.1 Å². The lowest BCUT2D eigenvalue weighted by Crippen LogP contribution is -2.00. The fourth-order valence-electron chi connectivity index (χ4n) is 1.69. The molecular weight excluding hydrogens is 233 g/mol. The maximum absolute atomic E-state index is 13.6. The molecule has 0 saturated carbocycles. The molecule has 2 aromatic carbocycles. The number of aromatic carboxylic acids is 1. The number of nitriles is 1. The molecule has 0 aliphatic carbocycles. The van der Waals surface area contributed by atoms with Crippen molar-refractivity contribution < 1.29 is 14.3 Å². The molecule has 18 heavy (non-hydrogen) atoms. The van der Waals surface area contributed by atoms with Crippen molar-refractivity contribution in [3.63, 3.8) is 0 Å². The Balaban J connectivity index is 2.57. The summed E-state index contributed by atoms with van der Waals surface area (Å²) in [6.45, 7) is 0. The van der Waals surface area contributed by atoms with Crippen LogP contribution in [0.3, 0.4) is 0 Å². The molecule has 2 aromatic rings. The molecule has 0 aliphatic rings. The summed E-state index contributed by atoms with van der Waals surface area (Å²) in [6.07, 6.45) is 0. The number of benzene rings is 2. The first-order chi connectivity index (χ1) is 8.63. The van der Waals surface area contributed by atoms with Crippen molar-refractivity contribution in [2.24, 2.45) is 0 Å². The third-order valence-corrected chi connectivity index (χ3v) is 2.56. The van der Waals surface area contributed by atoms with E-state index < -0.39 is 11.8 Å². The second-order valence-electron chi connectivity index (χ2n) is 3.66. The van der Waals surface area contributed by atoms with Gasteiger partial charge >= 0.3 is 5.97 Å². The normalized spacial score (nSPS) is 9.78. The van der Waals surface area contributed by atoms with Gasteiger partial charge in [-0.1, -0.05) is 24.3 Å². The van der Waals surface area contributed by atoms with Crippen molar-refractivity contribution in [3.05, 3.63) is 59.4 Å². The summed E-state index contributed by atoms with van der Waals surface area (Å²) in [6, 6.07) is 12.6. The number of hydrogen-bond donors (Lipinski definition) is 1. The van der Waals surface area contributed by atoms with Crippen LogP contribution < -0.4 is 0 Å². The minimum absolute atomic E-state index is 0.381. The Labute approximate surface area is 103 Å². The van der Waals surface area contributed by atoms with Gasteiger partial charge in [0.05, 0.1) is 17.2 Å². The first-order valence-corrected chi connectivity index (χ1v) is 5.16. The molecule has 0 aliphatic heterocycles. The molecule has 0 bridgehead atoms. The van der Waals surface area contributed by atoms with Gasteiger partial charge in [0.15, 0.2) is 0 Å². The largest absolute Gasteiger partial charge is 0.478 e. The molecule has 2 rings (SSSR count). The van der Waals surface area contributed by atoms with E-state index in [0.29, 0.717) is 16.7 Å². The maximum Gasteiger partial charge on any atom is 0.338 e. The van der Waals surface area contributed by atoms with E-state index in [-0.39, 0.29) is 5.56 Å². The molecule has 3 nitrogen and oxygen atoms in total. The average Bonchev–Trinajstić information content (AvgIpc) is 2.38. The van der Waals surface area contributed by atoms with Crippen molar-refractivity contribution in [2.45, 2.75) is 0 Å². The summed E-state index contributed by atoms with van der Waals surface area (Å²) in [7, 11) is 0. The van der Waals surface area contributed by atoms with E-state index in [1.807, 2.05) is 6.07 Å². The summed E-state index contributed by atoms with van der Waals surface area (Å²) in [5.74, 6) is -2.12. The Kier molecular flexibility index (Phi) is 3.07. The lowest BCUT2D eigenvalue weighted by molar-refractivity contribution is 0.0692. The second kappa shape index (κ2) is 4.68. The number of carboxylic acids is 1. The number of halogens is 1. The predicted molar refractivity (Wildman–Crippen MR) is 63.5 cm³/mol. The van der Waals surface area contributed by atoms with E-state index in [1.165, 1.54) is 12.1 Å². The average molecular weight is 241 g/mol. The van der Waals surface area contributed by atoms with Crippen LogP contribution in [0.1, 0.15) is 15.9 Å². The van der Waals surface area contributed by atoms with Gasteiger partial charge in [-0.05, 0) is 29.3 Å². The minimum Gasteiger partial charge on any atom is -0.478 e. The molecule has 0 unspecified atom stereocenters. The molecular formula is C14H8FNO2. The number of carbonyl (C=O) groups is 1. The third kappa shape index (κ3) is 2.06. The number of hydrogen-bond acceptors (Lipinski definition) is 2. The molecule has 88 valence electrons. The molecule has 0 saturated heterocycles. The Morgan fingerprint density at radius 1 is 1.22 bits per heavy atom. The fourth-order valence-corrected chi connectivity index (χ4v) is 1.69. The zero-order chi connectivity index (χ0) is 13.1. The lowest BCUT2D eigenvalue weighted by atomic mass is 9.99. The van der Waals surface area contributed by atoms with Crippen LogP contribution in [0.25, 0.3) is 11.1 Å². The standard InChI is InChI=1S/C14H8FNO2/c15-13-7-9(5-6-12(13)14(17)18)11-4-2-1-3-10(11)8-16/h1-7H,(H,17,18). The Hall–Kier alpha value is -2.67. The van der Waals surface area contributed by atoms with Gasteiger partial charge in [0.25, 0.3) is 0 Å². The van der Waals surface area contributed by atoms with Gasteiger partial charge < -0.3 is 5.11 Å². The summed E-state index contributed by atoms with van der Waals surface area (Å²) >= 11 is 0. The van der Waals surface area contributed by atoms with Crippen molar-refractivity contribution in [3.8, 4) is 17.2 Å². The van der Waals surface area contributed by atoms with Gasteiger partial charge in [0.1, 0.15) is 5.82 Å². The molecule has 1 N–H and O–H groups in total. The van der Waals surface area contributed by atoms with Crippen LogP contribution >= 0.6 is 0 Å². The highest BCUT2D eigenvalue weighted by Gasteiger charge is 2.12. The van der Waals surface area contributed by atoms with Crippen molar-refractivity contribution in [2.75, 3.05) is 0 Å². The van der Waals surface area contributed by atoms with Gasteiger partial charge in [-0.2, -0.15) is 5.26 Å². The van der Waals surface area contributed by atoms with Gasteiger partial charge in [-0.3, -0.25) is 0 Å². The summed E-state index contributed by atoms with van der Waals surface area (Å²) in [5.41, 5.74) is 1.10. The number of rotatable bonds is 2. The Morgan fingerprint density at radius 3 is 2.56 bits per heavy atom. The highest BCUT2D eigenvalue weighted by molar-refractivity contribution is 5.89. The zero-order valence-corrected chi connectivity index (χ0v) is 9.22. The molecule has 0 fully saturated rings. The quantitative estimate of drug-likeness (QED) is 0.878. The maximum atomic E-state index is 13.6. The fraction of sp³-hybridized carbons (Fsp3) is 0. The van der Waals surface area contributed by atoms with Crippen LogP contribution in [0, 0.1) is 17.1 Å². The van der Waals surface area contributed by atoms with E-state index in [0.717, 1.165) is 6.07 Å². The third-order valence-electron chi connectivity index (χ3n) is 2.56. The van der Waals surface area contributed by atoms with Crippen LogP contribution in [0.4, 0.5) is 4.39 Å². The van der Waals surface area contributed by atoms with Crippen LogP contribution in [0.5, 0.6) is 0 Å². The molecule has 0 atom stereocenters. The lowest BCUT2D eigenvalue weighted by Gasteiger charge is -2.05. The molecule has 4 heteroatoms. The van der Waals surface area contributed by atoms with E-state index in [1.54, 1.807) is 24.3 Å². The predicted octanol–water partition coefficient (Wildman–Crippen LogP) is 3.06. The van der Waals surface area contributed by atoms with E-state index >= 15 is 0 Å². The minimum atomic E-state index is -1.31. The number of carboxylic acid groups (broad SMARTS) is 1. The van der Waals surface area contributed by atoms with Crippen molar-refractivity contribution >= 4 is 5.97 Å². The molecule has 0 spiro atoms. The first-order valence-electron chi connectivity index (χ1n) is 5.16. The molecule has 0 radical (unpaired) electrons. The van der Waals surface area contributed by atoms with E-state index in [2.05, 4.69) is 0 Å². The molecule has 0 amide bonds. The highest BCUT2D eigenvalue weighted by atomic mass is 19.1. The second-order valence-corrected chi connectivity index (χ2v) is 3.66. The monoisotopic (exact) mass is 241 g/mol. The van der Waals surface area contributed by atoms with Gasteiger partial charge in [0.2, 0.25) is 0 Å². The van der Waals surface area contributed by atoms with Crippen molar-refractivity contribution in [1.29, 1.82) is 5.26 Å². The Morgan fingerprint density at radius 2 is 1.94 bits per heavy atom. The topological polar surface area (TPSA) is 61.1 Å². The highest BCUT2D eigenvalue weighted by Crippen LogP contribution is 2.25. The SMILES string of the molecule is N#Cc1ccccc1-c1ccc(C(=O)O)c(F)c1. The van der Waals surface area contributed by atoms with E-state index in [9.17, 15) is 9.18 Å². The van der Waals surface area contributed by atoms with Gasteiger partial charge in [0, 0.05) is 0 Å². The van der Waals surface area contributed by atoms with Gasteiger partial charge in [-0.25, -0.2) is 9.18 Å². The zero-order valence-electron chi connectivity index (χ0n) is 9.22. The van der Waals surface area contributed by atoms with Crippen LogP contribution in [-0.2, 0) is 0 Å². The van der Waals surface area contributed by atoms with Crippen LogP contribution in [0.2, 0.25) is 0 Å². The molecule has 0 heterocycles. The van der Waals surface area contributed by atoms with Crippen LogP contribution in [0.15, 0.2) is 42.5 Å². The Bertz CT molecular complexity index is 659. The summed E-state index contributed by atoms with van der Waals surface area (Å²) in [5, 5.41) is 17.7. The van der Waals surface area contributed by atoms with Crippen molar-refractivity contribution in [1.82, 2.24) is 0 Å².